The van der Waals surface area contributed by atoms with Crippen molar-refractivity contribution in [1.29, 1.82) is 0 Å². The second kappa shape index (κ2) is 5.53. The van der Waals surface area contributed by atoms with Crippen molar-refractivity contribution in [3.8, 4) is 0 Å². The Morgan fingerprint density at radius 3 is 2.53 bits per heavy atom. The van der Waals surface area contributed by atoms with Gasteiger partial charge in [-0.1, -0.05) is 37.0 Å². The number of hydrogen-bond acceptors (Lipinski definition) is 0. The molecule has 2 rings (SSSR count). The van der Waals surface area contributed by atoms with E-state index in [2.05, 4.69) is 18.7 Å². The lowest BCUT2D eigenvalue weighted by Crippen LogP contribution is -2.17. The summed E-state index contributed by atoms with van der Waals surface area (Å²) in [5, 5.41) is 0. The summed E-state index contributed by atoms with van der Waals surface area (Å²) >= 11 is 0. The molecule has 0 heterocycles. The third-order valence-electron chi connectivity index (χ3n) is 3.93. The molecular formula is C15H23. The minimum Gasteiger partial charge on any atom is -0.102 e. The molecular weight excluding hydrogens is 180 g/mol. The molecule has 1 fully saturated rings. The van der Waals surface area contributed by atoms with E-state index >= 15 is 0 Å². The van der Waals surface area contributed by atoms with Crippen molar-refractivity contribution < 1.29 is 0 Å². The first kappa shape index (κ1) is 11.0. The fourth-order valence-electron chi connectivity index (χ4n) is 3.07. The summed E-state index contributed by atoms with van der Waals surface area (Å²) in [6, 6.07) is 0. The van der Waals surface area contributed by atoms with Crippen LogP contribution in [-0.4, -0.2) is 0 Å². The van der Waals surface area contributed by atoms with Crippen LogP contribution in [0.25, 0.3) is 0 Å². The van der Waals surface area contributed by atoms with Gasteiger partial charge in [-0.25, -0.2) is 0 Å². The third-order valence-corrected chi connectivity index (χ3v) is 3.93. The lowest BCUT2D eigenvalue weighted by Gasteiger charge is -2.30. The molecule has 2 aliphatic rings. The summed E-state index contributed by atoms with van der Waals surface area (Å²) in [7, 11) is 0. The fourth-order valence-corrected chi connectivity index (χ4v) is 3.07. The van der Waals surface area contributed by atoms with Crippen LogP contribution in [0.4, 0.5) is 0 Å². The van der Waals surface area contributed by atoms with Gasteiger partial charge in [-0.2, -0.15) is 0 Å². The van der Waals surface area contributed by atoms with Gasteiger partial charge in [0.1, 0.15) is 0 Å². The molecule has 2 aliphatic carbocycles. The molecule has 0 aromatic heterocycles. The minimum absolute atomic E-state index is 0.834. The highest BCUT2D eigenvalue weighted by Gasteiger charge is 2.25. The molecule has 0 aromatic rings. The second-order valence-corrected chi connectivity index (χ2v) is 4.97. The monoisotopic (exact) mass is 203 g/mol. The summed E-state index contributed by atoms with van der Waals surface area (Å²) in [5.41, 5.74) is 1.63. The Balaban J connectivity index is 2.01. The average Bonchev–Trinajstić information content (AvgIpc) is 2.33. The van der Waals surface area contributed by atoms with Crippen molar-refractivity contribution in [2.75, 3.05) is 0 Å². The normalized spacial score (nSPS) is 23.9. The van der Waals surface area contributed by atoms with E-state index in [1.165, 1.54) is 57.8 Å². The third kappa shape index (κ3) is 2.74. The van der Waals surface area contributed by atoms with Gasteiger partial charge in [-0.05, 0) is 44.4 Å². The number of hydrogen-bond donors (Lipinski definition) is 0. The van der Waals surface area contributed by atoms with Crippen molar-refractivity contribution in [3.63, 3.8) is 0 Å². The molecule has 0 atom stereocenters. The zero-order chi connectivity index (χ0) is 10.5. The van der Waals surface area contributed by atoms with E-state index < -0.39 is 0 Å². The van der Waals surface area contributed by atoms with Crippen molar-refractivity contribution in [2.45, 2.75) is 57.8 Å². The average molecular weight is 203 g/mol. The highest BCUT2D eigenvalue weighted by atomic mass is 14.3. The van der Waals surface area contributed by atoms with Gasteiger partial charge >= 0.3 is 0 Å². The van der Waals surface area contributed by atoms with Crippen LogP contribution in [0.15, 0.2) is 24.3 Å². The predicted molar refractivity (Wildman–Crippen MR) is 66.6 cm³/mol. The van der Waals surface area contributed by atoms with E-state index in [0.29, 0.717) is 0 Å². The zero-order valence-electron chi connectivity index (χ0n) is 9.80. The Labute approximate surface area is 94.5 Å². The van der Waals surface area contributed by atoms with Crippen molar-refractivity contribution in [2.24, 2.45) is 5.92 Å². The Bertz CT molecular complexity index is 230. The maximum Gasteiger partial charge on any atom is 0.0247 e. The highest BCUT2D eigenvalue weighted by Crippen LogP contribution is 2.39. The van der Waals surface area contributed by atoms with Crippen LogP contribution >= 0.6 is 0 Å². The van der Waals surface area contributed by atoms with Gasteiger partial charge in [0.2, 0.25) is 0 Å². The topological polar surface area (TPSA) is 0 Å². The zero-order valence-corrected chi connectivity index (χ0v) is 9.80. The molecule has 0 amide bonds. The van der Waals surface area contributed by atoms with Crippen LogP contribution in [0.3, 0.4) is 0 Å². The van der Waals surface area contributed by atoms with Gasteiger partial charge in [0.05, 0.1) is 0 Å². The molecule has 1 saturated carbocycles. The van der Waals surface area contributed by atoms with Crippen LogP contribution in [0, 0.1) is 11.8 Å². The van der Waals surface area contributed by atoms with Crippen LogP contribution in [-0.2, 0) is 0 Å². The summed E-state index contributed by atoms with van der Waals surface area (Å²) in [4.78, 5) is 0. The van der Waals surface area contributed by atoms with Gasteiger partial charge in [0.25, 0.3) is 0 Å². The molecule has 0 saturated heterocycles. The van der Waals surface area contributed by atoms with E-state index in [-0.39, 0.29) is 0 Å². The van der Waals surface area contributed by atoms with Crippen LogP contribution < -0.4 is 0 Å². The summed E-state index contributed by atoms with van der Waals surface area (Å²) in [5.74, 6) is 2.43. The van der Waals surface area contributed by atoms with Crippen molar-refractivity contribution in [1.82, 2.24) is 0 Å². The van der Waals surface area contributed by atoms with Crippen LogP contribution in [0.2, 0.25) is 0 Å². The van der Waals surface area contributed by atoms with Crippen LogP contribution in [0.1, 0.15) is 57.8 Å². The Hall–Kier alpha value is -0.520. The SMILES string of the molecule is C=C[C](C1=CCCCC1)C1CCCCC1. The molecule has 1 radical (unpaired) electrons. The summed E-state index contributed by atoms with van der Waals surface area (Å²) in [6.45, 7) is 4.03. The minimum atomic E-state index is 0.834. The molecule has 0 aliphatic heterocycles. The Morgan fingerprint density at radius 1 is 1.13 bits per heavy atom. The molecule has 0 bridgehead atoms. The van der Waals surface area contributed by atoms with Crippen molar-refractivity contribution in [3.05, 3.63) is 30.2 Å². The molecule has 83 valence electrons. The lowest BCUT2D eigenvalue weighted by atomic mass is 9.74. The molecule has 0 N–H and O–H groups in total. The van der Waals surface area contributed by atoms with Crippen molar-refractivity contribution >= 4 is 0 Å². The first-order valence-corrected chi connectivity index (χ1v) is 6.60. The molecule has 0 heteroatoms. The summed E-state index contributed by atoms with van der Waals surface area (Å²) in [6.07, 6.45) is 17.1. The maximum atomic E-state index is 4.03. The molecule has 0 nitrogen and oxygen atoms in total. The van der Waals surface area contributed by atoms with E-state index in [9.17, 15) is 0 Å². The Kier molecular flexibility index (Phi) is 4.05. The molecule has 15 heavy (non-hydrogen) atoms. The van der Waals surface area contributed by atoms with E-state index in [1.807, 2.05) is 0 Å². The van der Waals surface area contributed by atoms with E-state index in [4.69, 9.17) is 0 Å². The molecule has 0 aromatic carbocycles. The maximum absolute atomic E-state index is 4.03. The highest BCUT2D eigenvalue weighted by molar-refractivity contribution is 5.34. The van der Waals surface area contributed by atoms with Gasteiger partial charge < -0.3 is 0 Å². The molecule has 0 unspecified atom stereocenters. The van der Waals surface area contributed by atoms with Gasteiger partial charge in [-0.15, -0.1) is 6.58 Å². The van der Waals surface area contributed by atoms with E-state index in [0.717, 1.165) is 5.92 Å². The number of allylic oxidation sites excluding steroid dienone is 3. The standard InChI is InChI=1S/C15H23/c1-2-15(13-9-5-3-6-10-13)14-11-7-4-8-12-14/h2,9,14H,1,3-8,10-12H2. The lowest BCUT2D eigenvalue weighted by molar-refractivity contribution is 0.382. The van der Waals surface area contributed by atoms with Crippen LogP contribution in [0.5, 0.6) is 0 Å². The van der Waals surface area contributed by atoms with Gasteiger partial charge in [0.15, 0.2) is 0 Å². The second-order valence-electron chi connectivity index (χ2n) is 4.97. The van der Waals surface area contributed by atoms with E-state index in [1.54, 1.807) is 11.5 Å². The first-order chi connectivity index (χ1) is 7.42. The first-order valence-electron chi connectivity index (χ1n) is 6.60. The quantitative estimate of drug-likeness (QED) is 0.616. The number of rotatable bonds is 3. The fraction of sp³-hybridized carbons (Fsp3) is 0.667. The summed E-state index contributed by atoms with van der Waals surface area (Å²) < 4.78 is 0. The Morgan fingerprint density at radius 2 is 1.93 bits per heavy atom. The molecule has 0 spiro atoms. The van der Waals surface area contributed by atoms with Gasteiger partial charge in [-0.3, -0.25) is 0 Å². The van der Waals surface area contributed by atoms with Gasteiger partial charge in [0, 0.05) is 5.92 Å². The predicted octanol–water partition coefficient (Wildman–Crippen LogP) is 4.83. The largest absolute Gasteiger partial charge is 0.102 e. The smallest absolute Gasteiger partial charge is 0.0247 e.